The second-order valence-corrected chi connectivity index (χ2v) is 4.74. The Bertz CT molecular complexity index is 389. The monoisotopic (exact) mass is 218 g/mol. The summed E-state index contributed by atoms with van der Waals surface area (Å²) in [5.41, 5.74) is 0.297. The Balaban J connectivity index is 2.93. The second kappa shape index (κ2) is 3.98. The fraction of sp³-hybridized carbons (Fsp3) is 0.250. The van der Waals surface area contributed by atoms with Crippen LogP contribution in [0.4, 0.5) is 5.69 Å². The van der Waals surface area contributed by atoms with Crippen LogP contribution >= 0.6 is 11.6 Å². The molecule has 13 heavy (non-hydrogen) atoms. The highest BCUT2D eigenvalue weighted by Crippen LogP contribution is 2.30. The topological polar surface area (TPSA) is 48.2 Å². The molecule has 0 spiro atoms. The first-order valence-electron chi connectivity index (χ1n) is 3.75. The Morgan fingerprint density at radius 3 is 2.54 bits per heavy atom. The Kier molecular flexibility index (Phi) is 3.17. The van der Waals surface area contributed by atoms with Crippen LogP contribution in [-0.4, -0.2) is 14.2 Å². The van der Waals surface area contributed by atoms with E-state index >= 15 is 0 Å². The van der Waals surface area contributed by atoms with E-state index in [1.807, 2.05) is 0 Å². The summed E-state index contributed by atoms with van der Waals surface area (Å²) in [6.45, 7) is 1.54. The van der Waals surface area contributed by atoms with E-state index in [9.17, 15) is 8.42 Å². The van der Waals surface area contributed by atoms with Crippen molar-refractivity contribution in [2.75, 3.05) is 5.75 Å². The number of hydrogen-bond acceptors (Lipinski definition) is 2. The number of rotatable bonds is 3. The van der Waals surface area contributed by atoms with E-state index in [0.717, 1.165) is 0 Å². The molecule has 0 N–H and O–H groups in total. The van der Waals surface area contributed by atoms with Gasteiger partial charge in [0.2, 0.25) is 0 Å². The predicted octanol–water partition coefficient (Wildman–Crippen LogP) is 2.69. The number of hydrogen-bond donors (Lipinski definition) is 0. The van der Waals surface area contributed by atoms with Crippen molar-refractivity contribution in [1.29, 1.82) is 0 Å². The van der Waals surface area contributed by atoms with Crippen molar-refractivity contribution >= 4 is 27.3 Å². The Morgan fingerprint density at radius 2 is 2.00 bits per heavy atom. The first-order chi connectivity index (χ1) is 6.05. The molecule has 5 heteroatoms. The van der Waals surface area contributed by atoms with Gasteiger partial charge in [-0.2, -0.15) is 0 Å². The normalized spacial score (nSPS) is 11.2. The molecule has 0 aliphatic carbocycles. The van der Waals surface area contributed by atoms with E-state index in [1.165, 1.54) is 6.92 Å². The maximum absolute atomic E-state index is 11.1. The molecule has 0 radical (unpaired) electrons. The molecule has 0 amide bonds. The van der Waals surface area contributed by atoms with Crippen molar-refractivity contribution in [1.82, 2.24) is 0 Å². The molecule has 1 aromatic carbocycles. The SMILES string of the molecule is CCS(=O)(=O)[N-]c1ccccc1Cl. The molecule has 0 aliphatic heterocycles. The van der Waals surface area contributed by atoms with Crippen molar-refractivity contribution in [2.45, 2.75) is 6.92 Å². The second-order valence-electron chi connectivity index (χ2n) is 2.41. The zero-order valence-corrected chi connectivity index (χ0v) is 8.64. The summed E-state index contributed by atoms with van der Waals surface area (Å²) >= 11 is 5.73. The molecule has 0 fully saturated rings. The molecule has 1 rings (SSSR count). The Labute approximate surface area is 82.8 Å². The summed E-state index contributed by atoms with van der Waals surface area (Å²) < 4.78 is 25.7. The fourth-order valence-electron chi connectivity index (χ4n) is 0.740. The van der Waals surface area contributed by atoms with Gasteiger partial charge in [0.25, 0.3) is 0 Å². The van der Waals surface area contributed by atoms with Crippen LogP contribution in [0.25, 0.3) is 4.72 Å². The molecule has 0 saturated heterocycles. The maximum Gasteiger partial charge on any atom is 0.0935 e. The van der Waals surface area contributed by atoms with Gasteiger partial charge in [0.05, 0.1) is 10.0 Å². The first-order valence-corrected chi connectivity index (χ1v) is 5.74. The minimum Gasteiger partial charge on any atom is -0.576 e. The van der Waals surface area contributed by atoms with Gasteiger partial charge >= 0.3 is 0 Å². The van der Waals surface area contributed by atoms with Crippen molar-refractivity contribution in [2.24, 2.45) is 0 Å². The van der Waals surface area contributed by atoms with Gasteiger partial charge in [-0.05, 0) is 6.07 Å². The largest absolute Gasteiger partial charge is 0.576 e. The molecular formula is C8H9ClNO2S-. The van der Waals surface area contributed by atoms with Crippen LogP contribution in [0.15, 0.2) is 24.3 Å². The highest BCUT2D eigenvalue weighted by atomic mass is 35.5. The number of benzene rings is 1. The van der Waals surface area contributed by atoms with Crippen molar-refractivity contribution in [3.63, 3.8) is 0 Å². The van der Waals surface area contributed by atoms with E-state index in [1.54, 1.807) is 24.3 Å². The predicted molar refractivity (Wildman–Crippen MR) is 53.9 cm³/mol. The number of sulfonamides is 1. The smallest absolute Gasteiger partial charge is 0.0935 e. The molecule has 0 heterocycles. The molecule has 3 nitrogen and oxygen atoms in total. The van der Waals surface area contributed by atoms with Gasteiger partial charge in [-0.25, -0.2) is 8.42 Å². The Hall–Kier alpha value is -0.740. The van der Waals surface area contributed by atoms with Gasteiger partial charge in [0, 0.05) is 10.8 Å². The van der Waals surface area contributed by atoms with Gasteiger partial charge in [-0.3, -0.25) is 0 Å². The lowest BCUT2D eigenvalue weighted by Crippen LogP contribution is -1.98. The van der Waals surface area contributed by atoms with Crippen molar-refractivity contribution in [3.05, 3.63) is 34.0 Å². The van der Waals surface area contributed by atoms with E-state index in [4.69, 9.17) is 11.6 Å². The van der Waals surface area contributed by atoms with Crippen molar-refractivity contribution in [3.8, 4) is 0 Å². The van der Waals surface area contributed by atoms with Gasteiger partial charge in [0.1, 0.15) is 0 Å². The van der Waals surface area contributed by atoms with Gasteiger partial charge in [0.15, 0.2) is 0 Å². The summed E-state index contributed by atoms with van der Waals surface area (Å²) in [5.74, 6) is -0.0157. The molecule has 0 bridgehead atoms. The van der Waals surface area contributed by atoms with Crippen LogP contribution in [-0.2, 0) is 10.0 Å². The van der Waals surface area contributed by atoms with Crippen LogP contribution < -0.4 is 0 Å². The third-order valence-electron chi connectivity index (χ3n) is 1.45. The zero-order chi connectivity index (χ0) is 9.90. The molecule has 72 valence electrons. The number of nitrogens with zero attached hydrogens (tertiary/aromatic N) is 1. The molecule has 0 saturated carbocycles. The summed E-state index contributed by atoms with van der Waals surface area (Å²) in [5, 5.41) is 0.347. The maximum atomic E-state index is 11.1. The minimum absolute atomic E-state index is 0.0157. The van der Waals surface area contributed by atoms with Crippen LogP contribution in [0.5, 0.6) is 0 Å². The molecule has 0 unspecified atom stereocenters. The van der Waals surface area contributed by atoms with Crippen LogP contribution in [0.3, 0.4) is 0 Å². The van der Waals surface area contributed by atoms with E-state index in [-0.39, 0.29) is 5.75 Å². The van der Waals surface area contributed by atoms with Crippen LogP contribution in [0, 0.1) is 0 Å². The third kappa shape index (κ3) is 2.90. The molecule has 0 aromatic heterocycles. The van der Waals surface area contributed by atoms with Crippen LogP contribution in [0.2, 0.25) is 5.02 Å². The summed E-state index contributed by atoms with van der Waals surface area (Å²) in [4.78, 5) is 0. The van der Waals surface area contributed by atoms with E-state index in [2.05, 4.69) is 4.72 Å². The highest BCUT2D eigenvalue weighted by Gasteiger charge is 1.96. The molecule has 0 atom stereocenters. The van der Waals surface area contributed by atoms with Crippen molar-refractivity contribution < 1.29 is 8.42 Å². The van der Waals surface area contributed by atoms with E-state index in [0.29, 0.717) is 10.7 Å². The minimum atomic E-state index is -3.35. The lowest BCUT2D eigenvalue weighted by atomic mass is 10.3. The summed E-state index contributed by atoms with van der Waals surface area (Å²) in [6.07, 6.45) is 0. The quantitative estimate of drug-likeness (QED) is 0.783. The standard InChI is InChI=1S/C8H9ClNO2S/c1-2-13(11,12)10-8-6-4-3-5-7(8)9/h3-6H,2H2,1H3/q-1. The van der Waals surface area contributed by atoms with Gasteiger partial charge < -0.3 is 4.72 Å². The molecule has 1 aromatic rings. The van der Waals surface area contributed by atoms with Gasteiger partial charge in [-0.15, -0.1) is 5.69 Å². The lowest BCUT2D eigenvalue weighted by molar-refractivity contribution is 0.604. The average Bonchev–Trinajstić information content (AvgIpc) is 2.09. The van der Waals surface area contributed by atoms with Crippen LogP contribution in [0.1, 0.15) is 6.92 Å². The summed E-state index contributed by atoms with van der Waals surface area (Å²) in [6, 6.07) is 6.58. The third-order valence-corrected chi connectivity index (χ3v) is 2.98. The zero-order valence-electron chi connectivity index (χ0n) is 7.07. The molecular weight excluding hydrogens is 210 g/mol. The average molecular weight is 219 g/mol. The summed E-state index contributed by atoms with van der Waals surface area (Å²) in [7, 11) is -3.35. The fourth-order valence-corrected chi connectivity index (χ4v) is 1.56. The molecule has 0 aliphatic rings. The lowest BCUT2D eigenvalue weighted by Gasteiger charge is -2.21. The van der Waals surface area contributed by atoms with E-state index < -0.39 is 10.0 Å². The Morgan fingerprint density at radius 1 is 1.38 bits per heavy atom. The van der Waals surface area contributed by atoms with Gasteiger partial charge in [-0.1, -0.05) is 36.7 Å². The highest BCUT2D eigenvalue weighted by molar-refractivity contribution is 7.94. The number of halogens is 1. The first kappa shape index (κ1) is 10.3.